The minimum absolute atomic E-state index is 0.0215. The van der Waals surface area contributed by atoms with E-state index < -0.39 is 6.17 Å². The molecule has 2 atom stereocenters. The molecule has 2 rings (SSSR count). The van der Waals surface area contributed by atoms with Gasteiger partial charge in [-0.25, -0.2) is 4.39 Å². The first-order valence-electron chi connectivity index (χ1n) is 5.80. The van der Waals surface area contributed by atoms with Crippen molar-refractivity contribution in [1.29, 1.82) is 0 Å². The van der Waals surface area contributed by atoms with Gasteiger partial charge in [0.25, 0.3) is 0 Å². The fraction of sp³-hybridized carbons (Fsp3) is 0.727. The van der Waals surface area contributed by atoms with E-state index in [-0.39, 0.29) is 5.92 Å². The van der Waals surface area contributed by atoms with Crippen LogP contribution in [0.25, 0.3) is 0 Å². The standard InChI is InChI=1S/C11H17ClFN3/c1-2-16-11(9(12)7-15-16)10(13)8-4-3-5-14-6-8/h7-8,10,14H,2-6H2,1H3. The number of halogens is 2. The van der Waals surface area contributed by atoms with Crippen LogP contribution in [-0.2, 0) is 6.54 Å². The number of hydrogen-bond donors (Lipinski definition) is 1. The second-order valence-corrected chi connectivity index (χ2v) is 4.61. The Morgan fingerprint density at radius 2 is 2.56 bits per heavy atom. The molecule has 0 aliphatic carbocycles. The summed E-state index contributed by atoms with van der Waals surface area (Å²) in [5.41, 5.74) is 0.540. The van der Waals surface area contributed by atoms with E-state index in [1.165, 1.54) is 6.20 Å². The molecular weight excluding hydrogens is 229 g/mol. The molecule has 0 amide bonds. The van der Waals surface area contributed by atoms with Crippen LogP contribution >= 0.6 is 11.6 Å². The third-order valence-corrected chi connectivity index (χ3v) is 3.43. The molecule has 0 saturated carbocycles. The van der Waals surface area contributed by atoms with Gasteiger partial charge in [0.15, 0.2) is 0 Å². The maximum atomic E-state index is 14.4. The van der Waals surface area contributed by atoms with E-state index in [1.807, 2.05) is 6.92 Å². The van der Waals surface area contributed by atoms with Crippen LogP contribution in [0, 0.1) is 5.92 Å². The number of aromatic nitrogens is 2. The predicted molar refractivity (Wildman–Crippen MR) is 62.4 cm³/mol. The van der Waals surface area contributed by atoms with Gasteiger partial charge in [-0.05, 0) is 26.3 Å². The Morgan fingerprint density at radius 3 is 3.19 bits per heavy atom. The molecule has 2 unspecified atom stereocenters. The highest BCUT2D eigenvalue weighted by molar-refractivity contribution is 6.31. The summed E-state index contributed by atoms with van der Waals surface area (Å²) >= 11 is 5.99. The molecule has 16 heavy (non-hydrogen) atoms. The molecule has 1 saturated heterocycles. The van der Waals surface area contributed by atoms with Gasteiger partial charge in [-0.2, -0.15) is 5.10 Å². The summed E-state index contributed by atoms with van der Waals surface area (Å²) in [6.45, 7) is 4.32. The van der Waals surface area contributed by atoms with E-state index in [1.54, 1.807) is 4.68 Å². The fourth-order valence-corrected chi connectivity index (χ4v) is 2.50. The molecule has 5 heteroatoms. The highest BCUT2D eigenvalue weighted by atomic mass is 35.5. The van der Waals surface area contributed by atoms with Crippen molar-refractivity contribution >= 4 is 11.6 Å². The number of nitrogens with zero attached hydrogens (tertiary/aromatic N) is 2. The van der Waals surface area contributed by atoms with E-state index >= 15 is 0 Å². The molecule has 1 N–H and O–H groups in total. The first-order chi connectivity index (χ1) is 7.74. The third-order valence-electron chi connectivity index (χ3n) is 3.14. The van der Waals surface area contributed by atoms with Crippen LogP contribution < -0.4 is 5.32 Å². The lowest BCUT2D eigenvalue weighted by molar-refractivity contribution is 0.184. The van der Waals surface area contributed by atoms with Crippen molar-refractivity contribution in [3.05, 3.63) is 16.9 Å². The molecule has 1 aromatic heterocycles. The molecule has 0 bridgehead atoms. The van der Waals surface area contributed by atoms with Crippen LogP contribution in [0.1, 0.15) is 31.6 Å². The number of piperidine rings is 1. The molecule has 0 radical (unpaired) electrons. The van der Waals surface area contributed by atoms with Crippen molar-refractivity contribution in [2.45, 2.75) is 32.5 Å². The Bertz CT molecular complexity index is 347. The molecule has 0 spiro atoms. The molecule has 1 fully saturated rings. The lowest BCUT2D eigenvalue weighted by Crippen LogP contribution is -2.32. The minimum Gasteiger partial charge on any atom is -0.316 e. The molecule has 90 valence electrons. The average molecular weight is 246 g/mol. The summed E-state index contributed by atoms with van der Waals surface area (Å²) in [7, 11) is 0. The highest BCUT2D eigenvalue weighted by Crippen LogP contribution is 2.34. The van der Waals surface area contributed by atoms with Crippen molar-refractivity contribution < 1.29 is 4.39 Å². The molecule has 1 aromatic rings. The second kappa shape index (κ2) is 5.15. The molecule has 1 aliphatic heterocycles. The van der Waals surface area contributed by atoms with Crippen molar-refractivity contribution in [2.24, 2.45) is 5.92 Å². The summed E-state index contributed by atoms with van der Waals surface area (Å²) in [6, 6.07) is 0. The van der Waals surface area contributed by atoms with E-state index in [0.717, 1.165) is 25.9 Å². The van der Waals surface area contributed by atoms with E-state index in [9.17, 15) is 4.39 Å². The number of hydrogen-bond acceptors (Lipinski definition) is 2. The van der Waals surface area contributed by atoms with Gasteiger partial charge < -0.3 is 5.32 Å². The number of nitrogens with one attached hydrogen (secondary N) is 1. The molecule has 1 aliphatic rings. The topological polar surface area (TPSA) is 29.9 Å². The van der Waals surface area contributed by atoms with Crippen LogP contribution in [0.3, 0.4) is 0 Å². The largest absolute Gasteiger partial charge is 0.316 e. The quantitative estimate of drug-likeness (QED) is 0.887. The zero-order valence-corrected chi connectivity index (χ0v) is 10.2. The predicted octanol–water partition coefficient (Wildman–Crippen LogP) is 2.57. The fourth-order valence-electron chi connectivity index (χ4n) is 2.25. The third kappa shape index (κ3) is 2.23. The van der Waals surface area contributed by atoms with Crippen LogP contribution in [0.5, 0.6) is 0 Å². The Balaban J connectivity index is 2.18. The molecule has 2 heterocycles. The van der Waals surface area contributed by atoms with Gasteiger partial charge in [-0.3, -0.25) is 4.68 Å². The van der Waals surface area contributed by atoms with Crippen LogP contribution in [0.15, 0.2) is 6.20 Å². The first kappa shape index (κ1) is 11.9. The average Bonchev–Trinajstić information content (AvgIpc) is 2.70. The summed E-state index contributed by atoms with van der Waals surface area (Å²) in [5, 5.41) is 7.74. The maximum absolute atomic E-state index is 14.4. The number of alkyl halides is 1. The first-order valence-corrected chi connectivity index (χ1v) is 6.17. The van der Waals surface area contributed by atoms with Crippen LogP contribution in [0.2, 0.25) is 5.02 Å². The zero-order valence-electron chi connectivity index (χ0n) is 9.42. The zero-order chi connectivity index (χ0) is 11.5. The van der Waals surface area contributed by atoms with Crippen molar-refractivity contribution in [3.63, 3.8) is 0 Å². The Labute approximate surface area is 100.0 Å². The Hall–Kier alpha value is -0.610. The lowest BCUT2D eigenvalue weighted by atomic mass is 9.93. The van der Waals surface area contributed by atoms with Crippen LogP contribution in [0.4, 0.5) is 4.39 Å². The Kier molecular flexibility index (Phi) is 3.82. The lowest BCUT2D eigenvalue weighted by Gasteiger charge is -2.26. The molecule has 0 aromatic carbocycles. The van der Waals surface area contributed by atoms with Gasteiger partial charge in [-0.1, -0.05) is 11.6 Å². The molecule has 3 nitrogen and oxygen atoms in total. The van der Waals surface area contributed by atoms with Gasteiger partial charge in [0.05, 0.1) is 16.9 Å². The Morgan fingerprint density at radius 1 is 1.75 bits per heavy atom. The summed E-state index contributed by atoms with van der Waals surface area (Å²) in [4.78, 5) is 0. The van der Waals surface area contributed by atoms with Gasteiger partial charge in [0.2, 0.25) is 0 Å². The van der Waals surface area contributed by atoms with Crippen LogP contribution in [-0.4, -0.2) is 22.9 Å². The van der Waals surface area contributed by atoms with Gasteiger partial charge >= 0.3 is 0 Å². The summed E-state index contributed by atoms with van der Waals surface area (Å²) in [6.07, 6.45) is 2.47. The summed E-state index contributed by atoms with van der Waals surface area (Å²) < 4.78 is 16.0. The number of rotatable bonds is 3. The highest BCUT2D eigenvalue weighted by Gasteiger charge is 2.29. The SMILES string of the molecule is CCn1ncc(Cl)c1C(F)C1CCCNC1. The van der Waals surface area contributed by atoms with Gasteiger partial charge in [0, 0.05) is 19.0 Å². The summed E-state index contributed by atoms with van der Waals surface area (Å²) in [5.74, 6) is 0.0215. The number of aryl methyl sites for hydroxylation is 1. The van der Waals surface area contributed by atoms with E-state index in [4.69, 9.17) is 11.6 Å². The monoisotopic (exact) mass is 245 g/mol. The smallest absolute Gasteiger partial charge is 0.147 e. The van der Waals surface area contributed by atoms with Crippen molar-refractivity contribution in [3.8, 4) is 0 Å². The van der Waals surface area contributed by atoms with Gasteiger partial charge in [0.1, 0.15) is 6.17 Å². The molecular formula is C11H17ClFN3. The van der Waals surface area contributed by atoms with E-state index in [0.29, 0.717) is 17.3 Å². The van der Waals surface area contributed by atoms with Gasteiger partial charge in [-0.15, -0.1) is 0 Å². The maximum Gasteiger partial charge on any atom is 0.147 e. The van der Waals surface area contributed by atoms with Crippen molar-refractivity contribution in [1.82, 2.24) is 15.1 Å². The second-order valence-electron chi connectivity index (χ2n) is 4.20. The normalized spacial score (nSPS) is 23.3. The van der Waals surface area contributed by atoms with E-state index in [2.05, 4.69) is 10.4 Å². The van der Waals surface area contributed by atoms with Crippen molar-refractivity contribution in [2.75, 3.05) is 13.1 Å². The minimum atomic E-state index is -1.01.